The Balaban J connectivity index is 2.86. The number of carbonyl (C=O) groups is 2. The van der Waals surface area contributed by atoms with Crippen LogP contribution in [0.4, 0.5) is 5.69 Å². The lowest BCUT2D eigenvalue weighted by atomic mass is 10.1. The van der Waals surface area contributed by atoms with Crippen LogP contribution in [-0.2, 0) is 16.1 Å². The highest BCUT2D eigenvalue weighted by Crippen LogP contribution is 2.19. The molecule has 6 heteroatoms. The van der Waals surface area contributed by atoms with Crippen molar-refractivity contribution < 1.29 is 9.59 Å². The van der Waals surface area contributed by atoms with Gasteiger partial charge < -0.3 is 21.7 Å². The maximum absolute atomic E-state index is 11.1. The second-order valence-corrected chi connectivity index (χ2v) is 5.08. The van der Waals surface area contributed by atoms with Crippen molar-refractivity contribution in [1.29, 1.82) is 0 Å². The van der Waals surface area contributed by atoms with E-state index in [-0.39, 0.29) is 13.1 Å². The third-order valence-corrected chi connectivity index (χ3v) is 3.13. The second kappa shape index (κ2) is 8.26. The number of hydrogen-bond acceptors (Lipinski definition) is 4. The summed E-state index contributed by atoms with van der Waals surface area (Å²) in [4.78, 5) is 23.8. The molecule has 0 aliphatic heterocycles. The largest absolute Gasteiger partial charge is 0.368 e. The first-order chi connectivity index (χ1) is 9.93. The van der Waals surface area contributed by atoms with E-state index < -0.39 is 11.8 Å². The van der Waals surface area contributed by atoms with Gasteiger partial charge in [0.2, 0.25) is 11.8 Å². The SMILES string of the molecule is CCCNCc1ccc(N(CC(N)=O)CC(N)=O)cc1C. The summed E-state index contributed by atoms with van der Waals surface area (Å²) >= 11 is 0. The van der Waals surface area contributed by atoms with E-state index in [2.05, 4.69) is 12.2 Å². The van der Waals surface area contributed by atoms with Crippen LogP contribution in [0.1, 0.15) is 24.5 Å². The van der Waals surface area contributed by atoms with Gasteiger partial charge in [0.1, 0.15) is 0 Å². The lowest BCUT2D eigenvalue weighted by Crippen LogP contribution is -2.39. The molecule has 0 bridgehead atoms. The minimum atomic E-state index is -0.498. The Morgan fingerprint density at radius 2 is 1.81 bits per heavy atom. The minimum absolute atomic E-state index is 0.0319. The monoisotopic (exact) mass is 292 g/mol. The lowest BCUT2D eigenvalue weighted by Gasteiger charge is -2.22. The molecule has 1 rings (SSSR count). The fraction of sp³-hybridized carbons (Fsp3) is 0.467. The van der Waals surface area contributed by atoms with Gasteiger partial charge in [-0.25, -0.2) is 0 Å². The molecule has 0 unspecified atom stereocenters. The molecule has 0 aromatic heterocycles. The molecule has 0 saturated heterocycles. The van der Waals surface area contributed by atoms with Gasteiger partial charge in [-0.1, -0.05) is 13.0 Å². The van der Waals surface area contributed by atoms with Crippen LogP contribution in [0, 0.1) is 6.92 Å². The zero-order valence-electron chi connectivity index (χ0n) is 12.7. The molecule has 0 radical (unpaired) electrons. The molecule has 0 aliphatic rings. The van der Waals surface area contributed by atoms with E-state index >= 15 is 0 Å². The van der Waals surface area contributed by atoms with Crippen LogP contribution in [-0.4, -0.2) is 31.4 Å². The van der Waals surface area contributed by atoms with E-state index in [1.165, 1.54) is 5.56 Å². The quantitative estimate of drug-likeness (QED) is 0.569. The van der Waals surface area contributed by atoms with Crippen LogP contribution >= 0.6 is 0 Å². The Morgan fingerprint density at radius 1 is 1.19 bits per heavy atom. The molecule has 1 aromatic rings. The molecule has 116 valence electrons. The summed E-state index contributed by atoms with van der Waals surface area (Å²) in [6.07, 6.45) is 1.09. The Hall–Kier alpha value is -2.08. The number of carbonyl (C=O) groups excluding carboxylic acids is 2. The van der Waals surface area contributed by atoms with Crippen molar-refractivity contribution in [1.82, 2.24) is 5.32 Å². The Bertz CT molecular complexity index is 486. The molecule has 0 fully saturated rings. The Labute approximate surface area is 125 Å². The first-order valence-electron chi connectivity index (χ1n) is 7.05. The molecule has 0 heterocycles. The van der Waals surface area contributed by atoms with Crippen molar-refractivity contribution in [3.63, 3.8) is 0 Å². The molecule has 0 atom stereocenters. The Kier molecular flexibility index (Phi) is 6.68. The van der Waals surface area contributed by atoms with Gasteiger partial charge in [0.25, 0.3) is 0 Å². The zero-order valence-corrected chi connectivity index (χ0v) is 12.7. The van der Waals surface area contributed by atoms with Crippen LogP contribution in [0.2, 0.25) is 0 Å². The third kappa shape index (κ3) is 5.83. The Morgan fingerprint density at radius 3 is 2.29 bits per heavy atom. The van der Waals surface area contributed by atoms with Gasteiger partial charge in [0, 0.05) is 12.2 Å². The predicted molar refractivity (Wildman–Crippen MR) is 83.8 cm³/mol. The molecule has 0 aliphatic carbocycles. The van der Waals surface area contributed by atoms with E-state index in [1.807, 2.05) is 25.1 Å². The predicted octanol–water partition coefficient (Wildman–Crippen LogP) is 0.272. The number of anilines is 1. The number of primary amides is 2. The van der Waals surface area contributed by atoms with Crippen molar-refractivity contribution in [2.45, 2.75) is 26.8 Å². The van der Waals surface area contributed by atoms with Gasteiger partial charge in [-0.3, -0.25) is 9.59 Å². The molecule has 2 amide bonds. The average molecular weight is 292 g/mol. The second-order valence-electron chi connectivity index (χ2n) is 5.08. The molecule has 0 saturated carbocycles. The number of rotatable bonds is 9. The number of nitrogens with two attached hydrogens (primary N) is 2. The average Bonchev–Trinajstić information content (AvgIpc) is 2.39. The summed E-state index contributed by atoms with van der Waals surface area (Å²) < 4.78 is 0. The number of nitrogens with zero attached hydrogens (tertiary/aromatic N) is 1. The normalized spacial score (nSPS) is 10.4. The van der Waals surface area contributed by atoms with Gasteiger partial charge in [0.05, 0.1) is 13.1 Å². The molecular weight excluding hydrogens is 268 g/mol. The van der Waals surface area contributed by atoms with Crippen molar-refractivity contribution in [2.75, 3.05) is 24.5 Å². The molecule has 6 nitrogen and oxygen atoms in total. The molecule has 1 aromatic carbocycles. The summed E-state index contributed by atoms with van der Waals surface area (Å²) in [6.45, 7) is 5.82. The fourth-order valence-electron chi connectivity index (χ4n) is 2.09. The number of hydrogen-bond donors (Lipinski definition) is 3. The maximum atomic E-state index is 11.1. The standard InChI is InChI=1S/C15H24N4O2/c1-3-6-18-8-12-4-5-13(7-11(12)2)19(9-14(16)20)10-15(17)21/h4-5,7,18H,3,6,8-10H2,1-2H3,(H2,16,20)(H2,17,21). The summed E-state index contributed by atoms with van der Waals surface area (Å²) in [5.74, 6) is -0.995. The highest BCUT2D eigenvalue weighted by molar-refractivity contribution is 5.84. The van der Waals surface area contributed by atoms with Crippen molar-refractivity contribution in [3.8, 4) is 0 Å². The molecule has 0 spiro atoms. The lowest BCUT2D eigenvalue weighted by molar-refractivity contribution is -0.117. The first-order valence-corrected chi connectivity index (χ1v) is 7.05. The number of nitrogens with one attached hydrogen (secondary N) is 1. The highest BCUT2D eigenvalue weighted by Gasteiger charge is 2.13. The van der Waals surface area contributed by atoms with Crippen molar-refractivity contribution >= 4 is 17.5 Å². The van der Waals surface area contributed by atoms with Crippen molar-refractivity contribution in [2.24, 2.45) is 11.5 Å². The van der Waals surface area contributed by atoms with Gasteiger partial charge in [0.15, 0.2) is 0 Å². The number of aryl methyl sites for hydroxylation is 1. The van der Waals surface area contributed by atoms with E-state index in [1.54, 1.807) is 4.90 Å². The van der Waals surface area contributed by atoms with Crippen LogP contribution in [0.15, 0.2) is 18.2 Å². The summed E-state index contributed by atoms with van der Waals surface area (Å²) in [5, 5.41) is 3.34. The summed E-state index contributed by atoms with van der Waals surface area (Å²) in [5.41, 5.74) is 13.5. The minimum Gasteiger partial charge on any atom is -0.368 e. The fourth-order valence-corrected chi connectivity index (χ4v) is 2.09. The van der Waals surface area contributed by atoms with Gasteiger partial charge in [-0.15, -0.1) is 0 Å². The third-order valence-electron chi connectivity index (χ3n) is 3.13. The van der Waals surface area contributed by atoms with Crippen LogP contribution in [0.25, 0.3) is 0 Å². The van der Waals surface area contributed by atoms with E-state index in [0.29, 0.717) is 0 Å². The summed E-state index contributed by atoms with van der Waals surface area (Å²) in [7, 11) is 0. The number of amides is 2. The van der Waals surface area contributed by atoms with Crippen LogP contribution in [0.5, 0.6) is 0 Å². The number of benzene rings is 1. The summed E-state index contributed by atoms with van der Waals surface area (Å²) in [6, 6.07) is 5.80. The van der Waals surface area contributed by atoms with E-state index in [4.69, 9.17) is 11.5 Å². The highest BCUT2D eigenvalue weighted by atomic mass is 16.2. The van der Waals surface area contributed by atoms with Crippen LogP contribution < -0.4 is 21.7 Å². The van der Waals surface area contributed by atoms with E-state index in [0.717, 1.165) is 30.8 Å². The van der Waals surface area contributed by atoms with Crippen LogP contribution in [0.3, 0.4) is 0 Å². The molecule has 21 heavy (non-hydrogen) atoms. The van der Waals surface area contributed by atoms with Gasteiger partial charge in [-0.05, 0) is 43.1 Å². The molecular formula is C15H24N4O2. The topological polar surface area (TPSA) is 101 Å². The first kappa shape index (κ1) is 17.0. The van der Waals surface area contributed by atoms with Crippen molar-refractivity contribution in [3.05, 3.63) is 29.3 Å². The zero-order chi connectivity index (χ0) is 15.8. The van der Waals surface area contributed by atoms with Gasteiger partial charge >= 0.3 is 0 Å². The van der Waals surface area contributed by atoms with E-state index in [9.17, 15) is 9.59 Å². The molecule has 5 N–H and O–H groups in total. The smallest absolute Gasteiger partial charge is 0.236 e. The maximum Gasteiger partial charge on any atom is 0.236 e. The van der Waals surface area contributed by atoms with Gasteiger partial charge in [-0.2, -0.15) is 0 Å².